The molecule has 0 bridgehead atoms. The summed E-state index contributed by atoms with van der Waals surface area (Å²) in [5.74, 6) is -0.0654. The van der Waals surface area contributed by atoms with Gasteiger partial charge in [0.05, 0.1) is 5.03 Å². The van der Waals surface area contributed by atoms with Crippen LogP contribution in [0.2, 0.25) is 0 Å². The Morgan fingerprint density at radius 2 is 1.91 bits per heavy atom. The van der Waals surface area contributed by atoms with Crippen molar-refractivity contribution >= 4 is 23.4 Å². The fourth-order valence-electron chi connectivity index (χ4n) is 3.12. The molecule has 0 saturated carbocycles. The van der Waals surface area contributed by atoms with Crippen LogP contribution in [-0.2, 0) is 0 Å². The molecule has 0 aliphatic rings. The van der Waals surface area contributed by atoms with Crippen molar-refractivity contribution in [2.45, 2.75) is 27.2 Å². The van der Waals surface area contributed by atoms with E-state index in [-0.39, 0.29) is 11.7 Å². The molecule has 33 heavy (non-hydrogen) atoms. The molecular formula is C26H29FN4OS. The number of thioether (sulfide) groups is 1. The Balaban J connectivity index is 2.08. The number of nitrogens with one attached hydrogen (secondary N) is 2. The second-order valence-corrected chi connectivity index (χ2v) is 8.68. The number of nitrogens with zero attached hydrogens (tertiary/aromatic N) is 2. The highest BCUT2D eigenvalue weighted by Gasteiger charge is 2.21. The number of aromatic nitrogens is 2. The maximum absolute atomic E-state index is 13.5. The molecule has 5 nitrogen and oxygen atoms in total. The van der Waals surface area contributed by atoms with E-state index >= 15 is 0 Å². The fourth-order valence-corrected chi connectivity index (χ4v) is 3.89. The minimum Gasteiger partial charge on any atom is -0.378 e. The van der Waals surface area contributed by atoms with Gasteiger partial charge in [-0.15, -0.1) is 0 Å². The normalized spacial score (nSPS) is 12.1. The maximum Gasteiger partial charge on any atom is 0.274 e. The average Bonchev–Trinajstić information content (AvgIpc) is 3.27. The van der Waals surface area contributed by atoms with Crippen LogP contribution >= 0.6 is 11.8 Å². The summed E-state index contributed by atoms with van der Waals surface area (Å²) in [6.45, 7) is 5.98. The molecule has 0 aliphatic carbocycles. The van der Waals surface area contributed by atoms with E-state index in [4.69, 9.17) is 4.98 Å². The number of hydrogen-bond acceptors (Lipinski definition) is 4. The van der Waals surface area contributed by atoms with Crippen LogP contribution in [0.3, 0.4) is 0 Å². The Kier molecular flexibility index (Phi) is 8.11. The molecule has 3 rings (SSSR count). The van der Waals surface area contributed by atoms with E-state index in [0.29, 0.717) is 22.8 Å². The lowest BCUT2D eigenvalue weighted by Gasteiger charge is -2.12. The molecule has 0 spiro atoms. The van der Waals surface area contributed by atoms with Gasteiger partial charge in [-0.2, -0.15) is 0 Å². The third-order valence-electron chi connectivity index (χ3n) is 5.15. The minimum absolute atomic E-state index is 0.295. The van der Waals surface area contributed by atoms with E-state index in [9.17, 15) is 9.18 Å². The number of allylic oxidation sites excluding steroid dienone is 2. The molecule has 0 aliphatic heterocycles. The third-order valence-corrected chi connectivity index (χ3v) is 6.25. The standard InChI is InChI=1S/C26H29FN4OS/c1-6-15-33-26(17(3)7-2)30-25(32)23-22(18-11-13-20(27)14-12-18)28-24(29-23)19-9-8-10-21(16-19)31(4)5/h6,8-16H,7H2,1-5H3,(H,28,29)(H,30,32)/b15-6-,26-17+. The lowest BCUT2D eigenvalue weighted by molar-refractivity contribution is 0.0964. The first kappa shape index (κ1) is 24.3. The number of amides is 1. The molecule has 0 saturated heterocycles. The van der Waals surface area contributed by atoms with Gasteiger partial charge in [0.1, 0.15) is 23.0 Å². The molecule has 1 amide bonds. The average molecular weight is 465 g/mol. The molecule has 0 radical (unpaired) electrons. The van der Waals surface area contributed by atoms with Crippen LogP contribution in [0.1, 0.15) is 37.7 Å². The smallest absolute Gasteiger partial charge is 0.274 e. The maximum atomic E-state index is 13.5. The van der Waals surface area contributed by atoms with Crippen molar-refractivity contribution in [1.29, 1.82) is 0 Å². The van der Waals surface area contributed by atoms with Crippen molar-refractivity contribution in [2.24, 2.45) is 0 Å². The second kappa shape index (κ2) is 11.0. The Hall–Kier alpha value is -3.32. The topological polar surface area (TPSA) is 61.0 Å². The fraction of sp³-hybridized carbons (Fsp3) is 0.231. The van der Waals surface area contributed by atoms with Crippen molar-refractivity contribution < 1.29 is 9.18 Å². The van der Waals surface area contributed by atoms with Gasteiger partial charge in [-0.3, -0.25) is 4.79 Å². The molecule has 2 aromatic carbocycles. The van der Waals surface area contributed by atoms with Crippen LogP contribution in [0, 0.1) is 5.82 Å². The lowest BCUT2D eigenvalue weighted by atomic mass is 10.1. The summed E-state index contributed by atoms with van der Waals surface area (Å²) in [4.78, 5) is 23.3. The molecule has 0 unspecified atom stereocenters. The van der Waals surface area contributed by atoms with Crippen molar-refractivity contribution in [3.63, 3.8) is 0 Å². The van der Waals surface area contributed by atoms with Gasteiger partial charge < -0.3 is 15.2 Å². The molecule has 0 fully saturated rings. The summed E-state index contributed by atoms with van der Waals surface area (Å²) in [5.41, 5.74) is 4.41. The minimum atomic E-state index is -0.342. The highest BCUT2D eigenvalue weighted by Crippen LogP contribution is 2.29. The SMILES string of the molecule is C/C=C\S/C(NC(=O)c1[nH]c(-c2cccc(N(C)C)c2)nc1-c1ccc(F)cc1)=C(\C)CC. The molecule has 3 aromatic rings. The first-order valence-corrected chi connectivity index (χ1v) is 11.6. The number of halogens is 1. The second-order valence-electron chi connectivity index (χ2n) is 7.77. The van der Waals surface area contributed by atoms with Crippen LogP contribution in [0.15, 0.2) is 70.6 Å². The predicted molar refractivity (Wildman–Crippen MR) is 137 cm³/mol. The summed E-state index contributed by atoms with van der Waals surface area (Å²) < 4.78 is 13.5. The summed E-state index contributed by atoms with van der Waals surface area (Å²) in [6.07, 6.45) is 2.74. The van der Waals surface area contributed by atoms with E-state index in [1.165, 1.54) is 23.9 Å². The number of H-pyrrole nitrogens is 1. The first-order valence-electron chi connectivity index (χ1n) is 10.8. The van der Waals surface area contributed by atoms with Crippen LogP contribution in [-0.4, -0.2) is 30.0 Å². The van der Waals surface area contributed by atoms with Crippen LogP contribution in [0.5, 0.6) is 0 Å². The third kappa shape index (κ3) is 5.93. The van der Waals surface area contributed by atoms with Gasteiger partial charge in [-0.1, -0.05) is 36.9 Å². The Morgan fingerprint density at radius 1 is 1.18 bits per heavy atom. The van der Waals surface area contributed by atoms with E-state index < -0.39 is 0 Å². The molecule has 2 N–H and O–H groups in total. The summed E-state index contributed by atoms with van der Waals surface area (Å²) >= 11 is 1.47. The van der Waals surface area contributed by atoms with Gasteiger partial charge >= 0.3 is 0 Å². The van der Waals surface area contributed by atoms with E-state index in [2.05, 4.69) is 10.3 Å². The zero-order valence-electron chi connectivity index (χ0n) is 19.6. The zero-order valence-corrected chi connectivity index (χ0v) is 20.4. The zero-order chi connectivity index (χ0) is 24.0. The number of carbonyl (C=O) groups excluding carboxylic acids is 1. The first-order chi connectivity index (χ1) is 15.8. The Bertz CT molecular complexity index is 1180. The van der Waals surface area contributed by atoms with Gasteiger partial charge in [0.2, 0.25) is 0 Å². The van der Waals surface area contributed by atoms with E-state index in [0.717, 1.165) is 28.3 Å². The number of aromatic amines is 1. The summed E-state index contributed by atoms with van der Waals surface area (Å²) in [5, 5.41) is 5.75. The largest absolute Gasteiger partial charge is 0.378 e. The van der Waals surface area contributed by atoms with Crippen molar-refractivity contribution in [3.8, 4) is 22.6 Å². The molecule has 0 atom stereocenters. The van der Waals surface area contributed by atoms with Crippen LogP contribution < -0.4 is 10.2 Å². The Morgan fingerprint density at radius 3 is 2.55 bits per heavy atom. The van der Waals surface area contributed by atoms with Crippen LogP contribution in [0.4, 0.5) is 10.1 Å². The summed E-state index contributed by atoms with van der Waals surface area (Å²) in [7, 11) is 3.94. The number of carbonyl (C=O) groups is 1. The van der Waals surface area contributed by atoms with E-state index in [1.54, 1.807) is 12.1 Å². The molecule has 1 aromatic heterocycles. The van der Waals surface area contributed by atoms with Gasteiger partial charge in [-0.25, -0.2) is 9.37 Å². The number of benzene rings is 2. The van der Waals surface area contributed by atoms with E-state index in [1.807, 2.05) is 75.5 Å². The predicted octanol–water partition coefficient (Wildman–Crippen LogP) is 6.59. The Labute approximate surface area is 198 Å². The molecule has 7 heteroatoms. The number of imidazole rings is 1. The highest BCUT2D eigenvalue weighted by molar-refractivity contribution is 8.05. The quantitative estimate of drug-likeness (QED) is 0.395. The van der Waals surface area contributed by atoms with Gasteiger partial charge in [0, 0.05) is 30.9 Å². The van der Waals surface area contributed by atoms with Crippen molar-refractivity contribution in [3.05, 3.63) is 82.1 Å². The highest BCUT2D eigenvalue weighted by atomic mass is 32.2. The molecule has 172 valence electrons. The summed E-state index contributed by atoms with van der Waals surface area (Å²) in [6, 6.07) is 13.9. The monoisotopic (exact) mass is 464 g/mol. The van der Waals surface area contributed by atoms with Crippen molar-refractivity contribution in [1.82, 2.24) is 15.3 Å². The number of anilines is 1. The number of rotatable bonds is 8. The lowest BCUT2D eigenvalue weighted by Crippen LogP contribution is -2.23. The van der Waals surface area contributed by atoms with Gasteiger partial charge in [-0.05, 0) is 67.6 Å². The number of hydrogen-bond donors (Lipinski definition) is 2. The van der Waals surface area contributed by atoms with Crippen molar-refractivity contribution in [2.75, 3.05) is 19.0 Å². The van der Waals surface area contributed by atoms with Gasteiger partial charge in [0.25, 0.3) is 5.91 Å². The molecular weight excluding hydrogens is 435 g/mol. The van der Waals surface area contributed by atoms with Gasteiger partial charge in [0.15, 0.2) is 0 Å². The molecule has 1 heterocycles. The van der Waals surface area contributed by atoms with Crippen LogP contribution in [0.25, 0.3) is 22.6 Å².